The molecule has 3 nitrogen and oxygen atoms in total. The lowest BCUT2D eigenvalue weighted by Crippen LogP contribution is -1.94. The lowest BCUT2D eigenvalue weighted by Gasteiger charge is -1.99. The van der Waals surface area contributed by atoms with E-state index < -0.39 is 11.6 Å². The van der Waals surface area contributed by atoms with Gasteiger partial charge >= 0.3 is 0 Å². The van der Waals surface area contributed by atoms with Crippen molar-refractivity contribution in [3.05, 3.63) is 47.0 Å². The first kappa shape index (κ1) is 11.7. The fourth-order valence-corrected chi connectivity index (χ4v) is 1.49. The molecule has 2 rings (SSSR count). The van der Waals surface area contributed by atoms with E-state index >= 15 is 0 Å². The molecule has 1 aromatic carbocycles. The highest BCUT2D eigenvalue weighted by atomic mass is 19.2. The lowest BCUT2D eigenvalue weighted by atomic mass is 10.1. The zero-order chi connectivity index (χ0) is 12.4. The summed E-state index contributed by atoms with van der Waals surface area (Å²) in [6.45, 7) is 3.98. The highest BCUT2D eigenvalue weighted by Gasteiger charge is 2.09. The van der Waals surface area contributed by atoms with Gasteiger partial charge in [-0.15, -0.1) is 0 Å². The van der Waals surface area contributed by atoms with Crippen LogP contribution in [0.1, 0.15) is 37.0 Å². The maximum absolute atomic E-state index is 13.0. The van der Waals surface area contributed by atoms with E-state index in [1.807, 2.05) is 13.8 Å². The Kier molecular flexibility index (Phi) is 3.17. The molecule has 5 heteroatoms. The Morgan fingerprint density at radius 2 is 2.00 bits per heavy atom. The molecule has 0 spiro atoms. The number of aromatic amines is 1. The second-order valence-corrected chi connectivity index (χ2v) is 4.22. The lowest BCUT2D eigenvalue weighted by molar-refractivity contribution is 0.507. The summed E-state index contributed by atoms with van der Waals surface area (Å²) >= 11 is 0. The van der Waals surface area contributed by atoms with Crippen LogP contribution in [-0.2, 0) is 6.42 Å². The predicted molar refractivity (Wildman–Crippen MR) is 59.6 cm³/mol. The first-order valence-electron chi connectivity index (χ1n) is 5.41. The summed E-state index contributed by atoms with van der Waals surface area (Å²) in [6, 6.07) is 3.83. The van der Waals surface area contributed by atoms with Gasteiger partial charge in [0.2, 0.25) is 0 Å². The van der Waals surface area contributed by atoms with Crippen molar-refractivity contribution in [2.75, 3.05) is 0 Å². The number of nitrogens with zero attached hydrogens (tertiary/aromatic N) is 2. The molecule has 0 radical (unpaired) electrons. The fraction of sp³-hybridized carbons (Fsp3) is 0.333. The van der Waals surface area contributed by atoms with E-state index in [0.717, 1.165) is 11.9 Å². The predicted octanol–water partition coefficient (Wildman–Crippen LogP) is 2.80. The van der Waals surface area contributed by atoms with Crippen LogP contribution < -0.4 is 0 Å². The number of nitrogens with one attached hydrogen (secondary N) is 1. The average Bonchev–Trinajstić information content (AvgIpc) is 2.72. The Bertz CT molecular complexity index is 520. The van der Waals surface area contributed by atoms with Crippen LogP contribution in [0.4, 0.5) is 8.78 Å². The Hall–Kier alpha value is -1.78. The van der Waals surface area contributed by atoms with Crippen LogP contribution in [0, 0.1) is 11.6 Å². The van der Waals surface area contributed by atoms with Gasteiger partial charge in [0.1, 0.15) is 5.82 Å². The molecule has 2 aromatic rings. The van der Waals surface area contributed by atoms with Crippen LogP contribution in [0.2, 0.25) is 0 Å². The number of rotatable bonds is 3. The molecule has 0 unspecified atom stereocenters. The largest absolute Gasteiger partial charge is 0.263 e. The number of H-pyrrole nitrogens is 1. The van der Waals surface area contributed by atoms with E-state index in [1.165, 1.54) is 12.1 Å². The van der Waals surface area contributed by atoms with Gasteiger partial charge in [-0.1, -0.05) is 19.9 Å². The zero-order valence-corrected chi connectivity index (χ0v) is 9.67. The number of hydrogen-bond acceptors (Lipinski definition) is 2. The van der Waals surface area contributed by atoms with Crippen LogP contribution >= 0.6 is 0 Å². The van der Waals surface area contributed by atoms with Gasteiger partial charge < -0.3 is 0 Å². The Balaban J connectivity index is 2.16. The van der Waals surface area contributed by atoms with Crippen molar-refractivity contribution in [3.8, 4) is 0 Å². The molecule has 0 aliphatic rings. The van der Waals surface area contributed by atoms with Crippen LogP contribution in [0.15, 0.2) is 18.2 Å². The van der Waals surface area contributed by atoms with E-state index in [4.69, 9.17) is 0 Å². The van der Waals surface area contributed by atoms with Gasteiger partial charge in [0.25, 0.3) is 0 Å². The monoisotopic (exact) mass is 237 g/mol. The Morgan fingerprint density at radius 1 is 1.24 bits per heavy atom. The standard InChI is InChI=1S/C12H13F2N3/c1-7(2)12-15-11(16-17-12)6-8-3-4-9(13)10(14)5-8/h3-5,7H,6H2,1-2H3,(H,15,16,17). The molecule has 0 saturated carbocycles. The molecule has 0 amide bonds. The van der Waals surface area contributed by atoms with Gasteiger partial charge in [-0.2, -0.15) is 5.10 Å². The van der Waals surface area contributed by atoms with Crippen molar-refractivity contribution >= 4 is 0 Å². The first-order chi connectivity index (χ1) is 8.06. The number of hydrogen-bond donors (Lipinski definition) is 1. The quantitative estimate of drug-likeness (QED) is 0.891. The Morgan fingerprint density at radius 3 is 2.59 bits per heavy atom. The Labute approximate surface area is 97.9 Å². The third-order valence-corrected chi connectivity index (χ3v) is 2.42. The average molecular weight is 237 g/mol. The van der Waals surface area contributed by atoms with Gasteiger partial charge in [0, 0.05) is 12.3 Å². The molecule has 1 heterocycles. The van der Waals surface area contributed by atoms with E-state index in [9.17, 15) is 8.78 Å². The topological polar surface area (TPSA) is 41.6 Å². The molecule has 0 aliphatic carbocycles. The first-order valence-corrected chi connectivity index (χ1v) is 5.41. The van der Waals surface area contributed by atoms with Gasteiger partial charge in [-0.05, 0) is 17.7 Å². The summed E-state index contributed by atoms with van der Waals surface area (Å²) < 4.78 is 25.7. The fourth-order valence-electron chi connectivity index (χ4n) is 1.49. The van der Waals surface area contributed by atoms with Crippen molar-refractivity contribution in [2.45, 2.75) is 26.2 Å². The number of aromatic nitrogens is 3. The molecule has 1 aromatic heterocycles. The minimum atomic E-state index is -0.842. The van der Waals surface area contributed by atoms with Crippen molar-refractivity contribution in [2.24, 2.45) is 0 Å². The molecular weight excluding hydrogens is 224 g/mol. The second-order valence-electron chi connectivity index (χ2n) is 4.22. The summed E-state index contributed by atoms with van der Waals surface area (Å²) in [7, 11) is 0. The minimum Gasteiger partial charge on any atom is -0.263 e. The molecule has 90 valence electrons. The number of halogens is 2. The van der Waals surface area contributed by atoms with E-state index in [0.29, 0.717) is 17.8 Å². The van der Waals surface area contributed by atoms with Crippen LogP contribution in [0.3, 0.4) is 0 Å². The van der Waals surface area contributed by atoms with Gasteiger partial charge in [0.15, 0.2) is 17.5 Å². The molecule has 0 bridgehead atoms. The van der Waals surface area contributed by atoms with Gasteiger partial charge in [0.05, 0.1) is 0 Å². The van der Waals surface area contributed by atoms with Gasteiger partial charge in [-0.3, -0.25) is 5.10 Å². The van der Waals surface area contributed by atoms with E-state index in [2.05, 4.69) is 15.2 Å². The molecule has 1 N–H and O–H groups in total. The van der Waals surface area contributed by atoms with Crippen LogP contribution in [0.25, 0.3) is 0 Å². The molecule has 0 saturated heterocycles. The zero-order valence-electron chi connectivity index (χ0n) is 9.67. The highest BCUT2D eigenvalue weighted by molar-refractivity contribution is 5.21. The normalized spacial score (nSPS) is 11.1. The summed E-state index contributed by atoms with van der Waals surface area (Å²) in [5.74, 6) is -0.0625. The van der Waals surface area contributed by atoms with Crippen molar-refractivity contribution < 1.29 is 8.78 Å². The van der Waals surface area contributed by atoms with Crippen molar-refractivity contribution in [1.29, 1.82) is 0 Å². The maximum atomic E-state index is 13.0. The van der Waals surface area contributed by atoms with Crippen LogP contribution in [-0.4, -0.2) is 15.2 Å². The summed E-state index contributed by atoms with van der Waals surface area (Å²) in [4.78, 5) is 4.27. The molecule has 0 atom stereocenters. The van der Waals surface area contributed by atoms with Crippen molar-refractivity contribution in [1.82, 2.24) is 15.2 Å². The third kappa shape index (κ3) is 2.67. The van der Waals surface area contributed by atoms with E-state index in [1.54, 1.807) is 0 Å². The number of benzene rings is 1. The molecule has 17 heavy (non-hydrogen) atoms. The molecule has 0 fully saturated rings. The molecular formula is C12H13F2N3. The SMILES string of the molecule is CC(C)c1n[nH]c(Cc2ccc(F)c(F)c2)n1. The van der Waals surface area contributed by atoms with Crippen LogP contribution in [0.5, 0.6) is 0 Å². The highest BCUT2D eigenvalue weighted by Crippen LogP contribution is 2.13. The maximum Gasteiger partial charge on any atom is 0.159 e. The summed E-state index contributed by atoms with van der Waals surface area (Å²) in [5, 5.41) is 6.84. The smallest absolute Gasteiger partial charge is 0.159 e. The molecule has 0 aliphatic heterocycles. The summed E-state index contributed by atoms with van der Waals surface area (Å²) in [5.41, 5.74) is 0.662. The van der Waals surface area contributed by atoms with Gasteiger partial charge in [-0.25, -0.2) is 13.8 Å². The third-order valence-electron chi connectivity index (χ3n) is 2.42. The van der Waals surface area contributed by atoms with Crippen molar-refractivity contribution in [3.63, 3.8) is 0 Å². The minimum absolute atomic E-state index is 0.241. The van der Waals surface area contributed by atoms with E-state index in [-0.39, 0.29) is 5.92 Å². The second kappa shape index (κ2) is 4.61. The summed E-state index contributed by atoms with van der Waals surface area (Å²) in [6.07, 6.45) is 0.414.